The molecule has 1 N–H and O–H groups in total. The maximum absolute atomic E-state index is 11.1. The number of likely N-dealkylation sites (N-methyl/N-ethyl adjacent to an activating group) is 1. The van der Waals surface area contributed by atoms with E-state index in [2.05, 4.69) is 30.6 Å². The largest absolute Gasteiger partial charge is 0.479 e. The Balaban J connectivity index is 4.08. The lowest BCUT2D eigenvalue weighted by atomic mass is 10.3. The monoisotopic (exact) mass is 274 g/mol. The molecule has 5 heteroatoms. The van der Waals surface area contributed by atoms with Crippen LogP contribution >= 0.6 is 0 Å². The number of hydrogen-bond donors (Lipinski definition) is 1. The Kier molecular flexibility index (Phi) is 10.8. The first kappa shape index (κ1) is 18.4. The van der Waals surface area contributed by atoms with Gasteiger partial charge in [-0.05, 0) is 46.1 Å². The van der Waals surface area contributed by atoms with Crippen LogP contribution < -0.4 is 0 Å². The number of carboxylic acid groups (broad SMARTS) is 1. The molecule has 0 rings (SSSR count). The van der Waals surface area contributed by atoms with E-state index in [-0.39, 0.29) is 0 Å². The summed E-state index contributed by atoms with van der Waals surface area (Å²) in [5.74, 6) is -0.871. The molecule has 0 heterocycles. The predicted molar refractivity (Wildman–Crippen MR) is 77.6 cm³/mol. The van der Waals surface area contributed by atoms with E-state index < -0.39 is 12.1 Å². The molecule has 0 aliphatic carbocycles. The van der Waals surface area contributed by atoms with Crippen LogP contribution in [-0.2, 0) is 9.53 Å². The third kappa shape index (κ3) is 8.18. The molecule has 114 valence electrons. The van der Waals surface area contributed by atoms with Crippen molar-refractivity contribution in [1.82, 2.24) is 9.80 Å². The van der Waals surface area contributed by atoms with Crippen LogP contribution in [0.15, 0.2) is 0 Å². The van der Waals surface area contributed by atoms with Crippen molar-refractivity contribution in [2.45, 2.75) is 40.2 Å². The second-order valence-electron chi connectivity index (χ2n) is 4.56. The van der Waals surface area contributed by atoms with Gasteiger partial charge in [0.2, 0.25) is 0 Å². The molecule has 19 heavy (non-hydrogen) atoms. The summed E-state index contributed by atoms with van der Waals surface area (Å²) in [6, 6.07) is 0. The van der Waals surface area contributed by atoms with E-state index in [4.69, 9.17) is 9.84 Å². The van der Waals surface area contributed by atoms with E-state index >= 15 is 0 Å². The summed E-state index contributed by atoms with van der Waals surface area (Å²) in [6.07, 6.45) is 0.354. The lowest BCUT2D eigenvalue weighted by Gasteiger charge is -2.25. The van der Waals surface area contributed by atoms with Gasteiger partial charge in [0.1, 0.15) is 0 Å². The second-order valence-corrected chi connectivity index (χ2v) is 4.56. The fourth-order valence-electron chi connectivity index (χ4n) is 2.07. The number of ether oxygens (including phenoxy) is 1. The zero-order valence-electron chi connectivity index (χ0n) is 12.9. The first-order valence-electron chi connectivity index (χ1n) is 7.37. The Labute approximate surface area is 117 Å². The molecule has 0 saturated carbocycles. The molecule has 0 fully saturated rings. The number of hydrogen-bond acceptors (Lipinski definition) is 4. The van der Waals surface area contributed by atoms with Crippen molar-refractivity contribution >= 4 is 5.97 Å². The smallest absolute Gasteiger partial charge is 0.334 e. The number of aliphatic carboxylic acids is 1. The average molecular weight is 274 g/mol. The zero-order valence-corrected chi connectivity index (χ0v) is 12.9. The molecule has 0 aromatic rings. The molecule has 5 nitrogen and oxygen atoms in total. The summed E-state index contributed by atoms with van der Waals surface area (Å²) in [6.45, 7) is 14.1. The molecule has 1 atom stereocenters. The maximum Gasteiger partial charge on any atom is 0.334 e. The molecule has 0 aromatic carbocycles. The molecular weight excluding hydrogens is 244 g/mol. The minimum absolute atomic E-state index is 0.438. The van der Waals surface area contributed by atoms with E-state index in [1.165, 1.54) is 0 Å². The minimum atomic E-state index is -0.871. The summed E-state index contributed by atoms with van der Waals surface area (Å²) in [5.41, 5.74) is 0. The minimum Gasteiger partial charge on any atom is -0.479 e. The maximum atomic E-state index is 11.1. The standard InChI is InChI=1S/C14H30N2O3/c1-5-15(6-2)10-9-11-16(7-3)12-13(14(17)18)19-8-4/h13H,5-12H2,1-4H3,(H,17,18). The summed E-state index contributed by atoms with van der Waals surface area (Å²) in [7, 11) is 0. The van der Waals surface area contributed by atoms with Crippen LogP contribution in [0, 0.1) is 0 Å². The van der Waals surface area contributed by atoms with Crippen molar-refractivity contribution in [3.05, 3.63) is 0 Å². The average Bonchev–Trinajstić information content (AvgIpc) is 2.41. The summed E-state index contributed by atoms with van der Waals surface area (Å²) in [5, 5.41) is 9.08. The van der Waals surface area contributed by atoms with Gasteiger partial charge in [0.15, 0.2) is 6.10 Å². The lowest BCUT2D eigenvalue weighted by molar-refractivity contribution is -0.151. The quantitative estimate of drug-likeness (QED) is 0.585. The van der Waals surface area contributed by atoms with Gasteiger partial charge in [0.25, 0.3) is 0 Å². The van der Waals surface area contributed by atoms with E-state index in [0.29, 0.717) is 13.2 Å². The molecule has 0 spiro atoms. The van der Waals surface area contributed by atoms with Gasteiger partial charge in [-0.1, -0.05) is 20.8 Å². The van der Waals surface area contributed by atoms with Crippen molar-refractivity contribution in [2.75, 3.05) is 45.9 Å². The van der Waals surface area contributed by atoms with Gasteiger partial charge in [0, 0.05) is 13.2 Å². The predicted octanol–water partition coefficient (Wildman–Crippen LogP) is 1.53. The third-order valence-electron chi connectivity index (χ3n) is 3.36. The third-order valence-corrected chi connectivity index (χ3v) is 3.36. The van der Waals surface area contributed by atoms with Crippen LogP contribution in [0.25, 0.3) is 0 Å². The first-order chi connectivity index (χ1) is 9.08. The molecule has 0 saturated heterocycles. The van der Waals surface area contributed by atoms with E-state index in [0.717, 1.165) is 39.1 Å². The normalized spacial score (nSPS) is 13.2. The topological polar surface area (TPSA) is 53.0 Å². The van der Waals surface area contributed by atoms with Crippen molar-refractivity contribution in [3.8, 4) is 0 Å². The SMILES string of the molecule is CCOC(CN(CC)CCCN(CC)CC)C(=O)O. The number of nitrogens with zero attached hydrogens (tertiary/aromatic N) is 2. The summed E-state index contributed by atoms with van der Waals surface area (Å²) >= 11 is 0. The van der Waals surface area contributed by atoms with Crippen molar-refractivity contribution in [1.29, 1.82) is 0 Å². The Morgan fingerprint density at radius 1 is 1.05 bits per heavy atom. The van der Waals surface area contributed by atoms with Gasteiger partial charge in [-0.2, -0.15) is 0 Å². The molecule has 0 aliphatic rings. The molecule has 0 aliphatic heterocycles. The molecule has 1 unspecified atom stereocenters. The molecule has 0 aromatic heterocycles. The molecular formula is C14H30N2O3. The molecule has 0 radical (unpaired) electrons. The zero-order chi connectivity index (χ0) is 14.7. The Morgan fingerprint density at radius 2 is 1.58 bits per heavy atom. The van der Waals surface area contributed by atoms with Crippen molar-refractivity contribution in [2.24, 2.45) is 0 Å². The highest BCUT2D eigenvalue weighted by Crippen LogP contribution is 2.01. The summed E-state index contributed by atoms with van der Waals surface area (Å²) in [4.78, 5) is 15.6. The van der Waals surface area contributed by atoms with Gasteiger partial charge < -0.3 is 19.6 Å². The number of carboxylic acids is 1. The van der Waals surface area contributed by atoms with Crippen LogP contribution in [0.1, 0.15) is 34.1 Å². The van der Waals surface area contributed by atoms with E-state index in [9.17, 15) is 4.79 Å². The van der Waals surface area contributed by atoms with Crippen molar-refractivity contribution in [3.63, 3.8) is 0 Å². The Hall–Kier alpha value is -0.650. The second kappa shape index (κ2) is 11.2. The summed E-state index contributed by atoms with van der Waals surface area (Å²) < 4.78 is 5.25. The lowest BCUT2D eigenvalue weighted by Crippen LogP contribution is -2.40. The van der Waals surface area contributed by atoms with Crippen molar-refractivity contribution < 1.29 is 14.6 Å². The van der Waals surface area contributed by atoms with Crippen LogP contribution in [0.2, 0.25) is 0 Å². The van der Waals surface area contributed by atoms with Crippen LogP contribution in [0.4, 0.5) is 0 Å². The Morgan fingerprint density at radius 3 is 2.00 bits per heavy atom. The van der Waals surface area contributed by atoms with Crippen LogP contribution in [0.3, 0.4) is 0 Å². The Bertz CT molecular complexity index is 233. The highest BCUT2D eigenvalue weighted by atomic mass is 16.5. The van der Waals surface area contributed by atoms with Gasteiger partial charge >= 0.3 is 5.97 Å². The number of carbonyl (C=O) groups is 1. The van der Waals surface area contributed by atoms with Gasteiger partial charge in [-0.15, -0.1) is 0 Å². The molecule has 0 bridgehead atoms. The van der Waals surface area contributed by atoms with Gasteiger partial charge in [-0.3, -0.25) is 0 Å². The van der Waals surface area contributed by atoms with Gasteiger partial charge in [0.05, 0.1) is 0 Å². The van der Waals surface area contributed by atoms with Crippen LogP contribution in [0.5, 0.6) is 0 Å². The fraction of sp³-hybridized carbons (Fsp3) is 0.929. The fourth-order valence-corrected chi connectivity index (χ4v) is 2.07. The van der Waals surface area contributed by atoms with E-state index in [1.807, 2.05) is 6.92 Å². The van der Waals surface area contributed by atoms with Gasteiger partial charge in [-0.25, -0.2) is 4.79 Å². The highest BCUT2D eigenvalue weighted by Gasteiger charge is 2.20. The number of rotatable bonds is 12. The highest BCUT2D eigenvalue weighted by molar-refractivity contribution is 5.72. The van der Waals surface area contributed by atoms with Crippen LogP contribution in [-0.4, -0.2) is 72.9 Å². The first-order valence-corrected chi connectivity index (χ1v) is 7.37. The molecule has 0 amide bonds. The van der Waals surface area contributed by atoms with E-state index in [1.54, 1.807) is 0 Å².